The summed E-state index contributed by atoms with van der Waals surface area (Å²) in [4.78, 5) is 38.3. The molecule has 170 valence electrons. The van der Waals surface area contributed by atoms with Gasteiger partial charge in [0.1, 0.15) is 5.75 Å². The predicted molar refractivity (Wildman–Crippen MR) is 126 cm³/mol. The molecule has 0 heterocycles. The highest BCUT2D eigenvalue weighted by Crippen LogP contribution is 2.21. The highest BCUT2D eigenvalue weighted by molar-refractivity contribution is 5.94. The molecule has 0 atom stereocenters. The van der Waals surface area contributed by atoms with Crippen LogP contribution in [0, 0.1) is 0 Å². The maximum atomic E-state index is 12.8. The molecule has 0 spiro atoms. The van der Waals surface area contributed by atoms with Gasteiger partial charge in [-0.05, 0) is 29.3 Å². The van der Waals surface area contributed by atoms with Crippen LogP contribution in [0.25, 0.3) is 0 Å². The van der Waals surface area contributed by atoms with Crippen molar-refractivity contribution >= 4 is 17.7 Å². The summed E-state index contributed by atoms with van der Waals surface area (Å²) in [6.07, 6.45) is 0. The first-order valence-corrected chi connectivity index (χ1v) is 10.6. The Labute approximate surface area is 193 Å². The van der Waals surface area contributed by atoms with E-state index in [1.165, 1.54) is 4.90 Å². The minimum atomic E-state index is -0.355. The van der Waals surface area contributed by atoms with E-state index in [-0.39, 0.29) is 36.9 Å². The summed E-state index contributed by atoms with van der Waals surface area (Å²) in [6.45, 7) is -0.363. The molecule has 0 bridgehead atoms. The number of benzene rings is 3. The Morgan fingerprint density at radius 2 is 1.48 bits per heavy atom. The van der Waals surface area contributed by atoms with Crippen LogP contribution < -0.4 is 15.4 Å². The number of likely N-dealkylation sites (N-methyl/N-ethyl adjacent to an activating group) is 1. The van der Waals surface area contributed by atoms with E-state index in [1.54, 1.807) is 38.4 Å². The van der Waals surface area contributed by atoms with E-state index in [1.807, 2.05) is 60.7 Å². The summed E-state index contributed by atoms with van der Waals surface area (Å²) in [5.74, 6) is -0.487. The third-order valence-electron chi connectivity index (χ3n) is 5.06. The fourth-order valence-electron chi connectivity index (χ4n) is 3.29. The van der Waals surface area contributed by atoms with Crippen LogP contribution in [0.4, 0.5) is 0 Å². The second-order valence-corrected chi connectivity index (χ2v) is 7.47. The third kappa shape index (κ3) is 6.67. The molecule has 0 aliphatic carbocycles. The Morgan fingerprint density at radius 1 is 0.879 bits per heavy atom. The quantitative estimate of drug-likeness (QED) is 0.530. The van der Waals surface area contributed by atoms with Crippen LogP contribution in [-0.2, 0) is 9.59 Å². The summed E-state index contributed by atoms with van der Waals surface area (Å²) in [5.41, 5.74) is 2.33. The number of carbonyl (C=O) groups is 3. The van der Waals surface area contributed by atoms with E-state index >= 15 is 0 Å². The van der Waals surface area contributed by atoms with Crippen molar-refractivity contribution in [2.45, 2.75) is 6.04 Å². The van der Waals surface area contributed by atoms with Gasteiger partial charge in [0.25, 0.3) is 11.8 Å². The van der Waals surface area contributed by atoms with E-state index < -0.39 is 0 Å². The molecular formula is C26H27N3O4. The van der Waals surface area contributed by atoms with Crippen LogP contribution in [0.5, 0.6) is 5.75 Å². The van der Waals surface area contributed by atoms with E-state index in [9.17, 15) is 14.4 Å². The van der Waals surface area contributed by atoms with Crippen LogP contribution in [0.15, 0.2) is 84.9 Å². The zero-order valence-electron chi connectivity index (χ0n) is 18.7. The topological polar surface area (TPSA) is 87.7 Å². The molecule has 0 aromatic heterocycles. The zero-order valence-corrected chi connectivity index (χ0v) is 18.7. The summed E-state index contributed by atoms with van der Waals surface area (Å²) in [6, 6.07) is 25.6. The minimum absolute atomic E-state index is 0.114. The number of carbonyl (C=O) groups excluding carboxylic acids is 3. The van der Waals surface area contributed by atoms with Gasteiger partial charge in [-0.1, -0.05) is 66.7 Å². The molecule has 3 rings (SSSR count). The normalized spacial score (nSPS) is 10.4. The lowest BCUT2D eigenvalue weighted by atomic mass is 9.99. The molecule has 0 aliphatic rings. The Hall–Kier alpha value is -4.13. The highest BCUT2D eigenvalue weighted by Gasteiger charge is 2.19. The van der Waals surface area contributed by atoms with Crippen molar-refractivity contribution < 1.29 is 19.1 Å². The number of hydrogen-bond acceptors (Lipinski definition) is 4. The molecule has 0 saturated carbocycles. The second kappa shape index (κ2) is 11.5. The van der Waals surface area contributed by atoms with Gasteiger partial charge in [-0.2, -0.15) is 0 Å². The van der Waals surface area contributed by atoms with Crippen LogP contribution in [-0.4, -0.2) is 49.9 Å². The number of ether oxygens (including phenoxy) is 1. The van der Waals surface area contributed by atoms with Gasteiger partial charge in [0.05, 0.1) is 12.6 Å². The molecule has 2 N–H and O–H groups in total. The van der Waals surface area contributed by atoms with Crippen molar-refractivity contribution in [1.29, 1.82) is 0 Å². The molecule has 0 radical (unpaired) electrons. The van der Waals surface area contributed by atoms with Crippen molar-refractivity contribution in [1.82, 2.24) is 15.5 Å². The van der Waals surface area contributed by atoms with Crippen molar-refractivity contribution in [3.8, 4) is 5.75 Å². The molecule has 0 saturated heterocycles. The van der Waals surface area contributed by atoms with E-state index in [0.717, 1.165) is 11.1 Å². The number of nitrogens with one attached hydrogen (secondary N) is 2. The SMILES string of the molecule is CNC(=O)c1cccc(OCC(=O)N(C)CC(=O)NC(c2ccccc2)c2ccccc2)c1. The van der Waals surface area contributed by atoms with Gasteiger partial charge >= 0.3 is 0 Å². The first-order chi connectivity index (χ1) is 16.0. The average Bonchev–Trinajstić information content (AvgIpc) is 2.86. The summed E-state index contributed by atoms with van der Waals surface area (Å²) >= 11 is 0. The molecule has 3 aromatic carbocycles. The van der Waals surface area contributed by atoms with Gasteiger partial charge in [0, 0.05) is 19.7 Å². The lowest BCUT2D eigenvalue weighted by molar-refractivity contribution is -0.136. The maximum Gasteiger partial charge on any atom is 0.260 e. The second-order valence-electron chi connectivity index (χ2n) is 7.47. The van der Waals surface area contributed by atoms with Gasteiger partial charge < -0.3 is 20.3 Å². The molecule has 0 fully saturated rings. The molecule has 7 nitrogen and oxygen atoms in total. The summed E-state index contributed by atoms with van der Waals surface area (Å²) in [5, 5.41) is 5.56. The number of amides is 3. The Morgan fingerprint density at radius 3 is 2.06 bits per heavy atom. The van der Waals surface area contributed by atoms with Gasteiger partial charge in [0.15, 0.2) is 6.61 Å². The average molecular weight is 446 g/mol. The minimum Gasteiger partial charge on any atom is -0.484 e. The standard InChI is InChI=1S/C26H27N3O4/c1-27-26(32)21-14-9-15-22(16-21)33-18-24(31)29(2)17-23(30)28-25(19-10-5-3-6-11-19)20-12-7-4-8-13-20/h3-16,25H,17-18H2,1-2H3,(H,27,32)(H,28,30). The van der Waals surface area contributed by atoms with E-state index in [0.29, 0.717) is 11.3 Å². The van der Waals surface area contributed by atoms with Crippen LogP contribution in [0.2, 0.25) is 0 Å². The van der Waals surface area contributed by atoms with Crippen molar-refractivity contribution in [3.63, 3.8) is 0 Å². The zero-order chi connectivity index (χ0) is 23.6. The molecule has 0 unspecified atom stereocenters. The molecule has 33 heavy (non-hydrogen) atoms. The van der Waals surface area contributed by atoms with Crippen LogP contribution >= 0.6 is 0 Å². The lowest BCUT2D eigenvalue weighted by Gasteiger charge is -2.22. The van der Waals surface area contributed by atoms with Crippen molar-refractivity contribution in [2.75, 3.05) is 27.2 Å². The van der Waals surface area contributed by atoms with Crippen LogP contribution in [0.3, 0.4) is 0 Å². The third-order valence-corrected chi connectivity index (χ3v) is 5.06. The smallest absolute Gasteiger partial charge is 0.260 e. The maximum absolute atomic E-state index is 12.8. The van der Waals surface area contributed by atoms with Gasteiger partial charge in [-0.15, -0.1) is 0 Å². The Kier molecular flexibility index (Phi) is 8.18. The van der Waals surface area contributed by atoms with Crippen molar-refractivity contribution in [3.05, 3.63) is 102 Å². The predicted octanol–water partition coefficient (Wildman–Crippen LogP) is 2.79. The van der Waals surface area contributed by atoms with Gasteiger partial charge in [0.2, 0.25) is 5.91 Å². The fraction of sp³-hybridized carbons (Fsp3) is 0.192. The summed E-state index contributed by atoms with van der Waals surface area (Å²) in [7, 11) is 3.09. The van der Waals surface area contributed by atoms with Gasteiger partial charge in [-0.3, -0.25) is 14.4 Å². The fourth-order valence-corrected chi connectivity index (χ4v) is 3.29. The largest absolute Gasteiger partial charge is 0.484 e. The first kappa shape index (κ1) is 23.5. The Bertz CT molecular complexity index is 1050. The highest BCUT2D eigenvalue weighted by atomic mass is 16.5. The lowest BCUT2D eigenvalue weighted by Crippen LogP contribution is -2.41. The molecule has 3 amide bonds. The summed E-state index contributed by atoms with van der Waals surface area (Å²) < 4.78 is 5.52. The Balaban J connectivity index is 1.58. The molecule has 7 heteroatoms. The molecule has 3 aromatic rings. The monoisotopic (exact) mass is 445 g/mol. The number of rotatable bonds is 9. The van der Waals surface area contributed by atoms with Gasteiger partial charge in [-0.25, -0.2) is 0 Å². The number of nitrogens with zero attached hydrogens (tertiary/aromatic N) is 1. The molecule has 0 aliphatic heterocycles. The van der Waals surface area contributed by atoms with Crippen LogP contribution in [0.1, 0.15) is 27.5 Å². The van der Waals surface area contributed by atoms with Crippen molar-refractivity contribution in [2.24, 2.45) is 0 Å². The number of hydrogen-bond donors (Lipinski definition) is 2. The van der Waals surface area contributed by atoms with E-state index in [2.05, 4.69) is 10.6 Å². The molecular weight excluding hydrogens is 418 g/mol. The van der Waals surface area contributed by atoms with E-state index in [4.69, 9.17) is 4.74 Å². The first-order valence-electron chi connectivity index (χ1n) is 10.6.